The predicted molar refractivity (Wildman–Crippen MR) is 460 cm³/mol. The van der Waals surface area contributed by atoms with Crippen molar-refractivity contribution in [3.63, 3.8) is 0 Å². The van der Waals surface area contributed by atoms with Crippen LogP contribution in [0.1, 0.15) is 95.6 Å². The zero-order chi connectivity index (χ0) is 87.3. The number of aromatic carboxylic acids is 1. The quantitative estimate of drug-likeness (QED) is 0.0313. The summed E-state index contributed by atoms with van der Waals surface area (Å²) in [5.74, 6) is 0.721. The van der Waals surface area contributed by atoms with Crippen LogP contribution in [0.2, 0.25) is 0 Å². The third-order valence-corrected chi connectivity index (χ3v) is 23.1. The summed E-state index contributed by atoms with van der Waals surface area (Å²) in [5.41, 5.74) is 6.20. The number of nitrogens with zero attached hydrogens (tertiary/aromatic N) is 4. The first kappa shape index (κ1) is 90.5. The number of H-pyrrole nitrogens is 3. The number of rotatable bonds is 31. The second kappa shape index (κ2) is 38.9. The first-order chi connectivity index (χ1) is 56.9. The van der Waals surface area contributed by atoms with E-state index >= 15 is 0 Å². The molecular formula is C84H91BrFN7O23S4. The molecule has 30 nitrogen and oxygen atoms in total. The number of sulfone groups is 4. The summed E-state index contributed by atoms with van der Waals surface area (Å²) < 4.78 is 167. The molecule has 0 bridgehead atoms. The van der Waals surface area contributed by atoms with Crippen molar-refractivity contribution in [3.05, 3.63) is 267 Å². The lowest BCUT2D eigenvalue weighted by atomic mass is 10.0. The summed E-state index contributed by atoms with van der Waals surface area (Å²) in [4.78, 5) is 70.7. The molecule has 120 heavy (non-hydrogen) atoms. The number of aromatic nitrogens is 7. The van der Waals surface area contributed by atoms with Gasteiger partial charge in [0.15, 0.2) is 51.6 Å². The van der Waals surface area contributed by atoms with Gasteiger partial charge in [0.1, 0.15) is 45.2 Å². The van der Waals surface area contributed by atoms with Crippen LogP contribution in [0.5, 0.6) is 46.0 Å². The first-order valence-electron chi connectivity index (χ1n) is 37.3. The number of benzene rings is 9. The minimum atomic E-state index is -3.49. The van der Waals surface area contributed by atoms with E-state index in [0.717, 1.165) is 35.1 Å². The fourth-order valence-electron chi connectivity index (χ4n) is 13.9. The molecule has 4 heterocycles. The largest absolute Gasteiger partial charge is 0.493 e. The Morgan fingerprint density at radius 1 is 0.417 bits per heavy atom. The van der Waals surface area contributed by atoms with Gasteiger partial charge >= 0.3 is 28.8 Å². The number of imidazole rings is 3. The Kier molecular flexibility index (Phi) is 29.3. The minimum Gasteiger partial charge on any atom is -0.493 e. The molecule has 0 radical (unpaired) electrons. The maximum Gasteiger partial charge on any atom is 0.420 e. The molecule has 0 fully saturated rings. The van der Waals surface area contributed by atoms with Crippen LogP contribution in [0.3, 0.4) is 0 Å². The third-order valence-electron chi connectivity index (χ3n) is 18.9. The second-order valence-electron chi connectivity index (χ2n) is 27.7. The summed E-state index contributed by atoms with van der Waals surface area (Å²) in [6, 6.07) is 45.6. The van der Waals surface area contributed by atoms with Gasteiger partial charge in [0.2, 0.25) is 0 Å². The van der Waals surface area contributed by atoms with E-state index in [2.05, 4.69) is 30.9 Å². The predicted octanol–water partition coefficient (Wildman–Crippen LogP) is 11.9. The lowest BCUT2D eigenvalue weighted by Gasteiger charge is -2.20. The molecule has 0 spiro atoms. The number of ether oxygens (including phenoxy) is 8. The molecule has 0 saturated carbocycles. The van der Waals surface area contributed by atoms with Gasteiger partial charge < -0.3 is 62.4 Å². The smallest absolute Gasteiger partial charge is 0.420 e. The Morgan fingerprint density at radius 2 is 0.783 bits per heavy atom. The van der Waals surface area contributed by atoms with Crippen molar-refractivity contribution in [2.24, 2.45) is 0 Å². The molecule has 0 saturated heterocycles. The van der Waals surface area contributed by atoms with Gasteiger partial charge in [-0.15, -0.1) is 0 Å². The van der Waals surface area contributed by atoms with Crippen LogP contribution >= 0.6 is 15.9 Å². The van der Waals surface area contributed by atoms with Gasteiger partial charge in [-0.1, -0.05) is 82.7 Å². The normalized spacial score (nSPS) is 12.7. The van der Waals surface area contributed by atoms with Crippen molar-refractivity contribution in [3.8, 4) is 46.0 Å². The summed E-state index contributed by atoms with van der Waals surface area (Å²) in [5, 5.41) is 9.19. The van der Waals surface area contributed by atoms with E-state index in [1.165, 1.54) is 71.0 Å². The second-order valence-corrected chi connectivity index (χ2v) is 37.3. The van der Waals surface area contributed by atoms with Gasteiger partial charge in [-0.05, 0) is 170 Å². The standard InChI is InChI=1S/C26H27FN2O5S.C20H22N2O7S.C19H20BrNO6S.C19H22N2O5S/c1-4-34-24-15-18(12-13-23(24)33-2)22(16-35(3,31)32)29-21-11-7-9-19(25(21)28-26(29)30)14-17-8-5-6-10-20(17)27;1-4-29-18-10-12(6-8-17(18)28-2)16(11-30(3,26)27)22-15-7-5-13(19(23)24)9-14(15)21-20(22)25;1-4-26-18-9-12(5-8-16(18)25-2)15(11-28(3,23)24)21-14-7-6-13(20)10-17(14)27-19(21)22;1-4-26-18-11-13(9-10-17(18)25-2)16(12-27(3,23)24)21-15-8-6-5-7-14(15)20-19(21)22/h5-13,15,22H,4,14,16H2,1-3H3,(H,28,30);5-10,16H,4,11H2,1-3H3,(H,21,25)(H,23,24);5-10,15H,4,11H2,1-3H3;5-11,16H,4,12H2,1-3H3,(H,20,22). The van der Waals surface area contributed by atoms with Crippen LogP contribution in [0.25, 0.3) is 44.2 Å². The van der Waals surface area contributed by atoms with Crippen LogP contribution in [0, 0.1) is 5.82 Å². The van der Waals surface area contributed by atoms with Crippen molar-refractivity contribution < 1.29 is 90.3 Å². The van der Waals surface area contributed by atoms with Crippen LogP contribution in [0.4, 0.5) is 4.39 Å². The van der Waals surface area contributed by atoms with Crippen molar-refractivity contribution in [1.29, 1.82) is 0 Å². The first-order valence-corrected chi connectivity index (χ1v) is 46.3. The Hall–Kier alpha value is -11.9. The number of halogens is 2. The zero-order valence-corrected chi connectivity index (χ0v) is 72.4. The Bertz CT molecular complexity index is 6650. The molecule has 4 unspecified atom stereocenters. The van der Waals surface area contributed by atoms with Gasteiger partial charge in [-0.3, -0.25) is 18.3 Å². The molecule has 0 amide bonds. The number of carboxylic acid groups (broad SMARTS) is 1. The number of aromatic amines is 3. The van der Waals surface area contributed by atoms with E-state index in [-0.39, 0.29) is 46.5 Å². The number of nitrogens with one attached hydrogen (secondary N) is 3. The minimum absolute atomic E-state index is 0.0126. The van der Waals surface area contributed by atoms with Crippen LogP contribution in [-0.2, 0) is 45.8 Å². The number of oxazole rings is 1. The lowest BCUT2D eigenvalue weighted by molar-refractivity contribution is 0.0696. The zero-order valence-electron chi connectivity index (χ0n) is 67.5. The molecule has 0 aliphatic rings. The molecule has 4 atom stereocenters. The number of hydrogen-bond acceptors (Lipinski definition) is 22. The molecule has 4 aromatic heterocycles. The summed E-state index contributed by atoms with van der Waals surface area (Å²) in [7, 11) is -7.67. The number of fused-ring (bicyclic) bond motifs is 4. The van der Waals surface area contributed by atoms with E-state index in [9.17, 15) is 67.1 Å². The molecular weight excluding hydrogens is 1700 g/mol. The maximum atomic E-state index is 14.3. The third kappa shape index (κ3) is 22.2. The average Bonchev–Trinajstić information content (AvgIpc) is 1.64. The highest BCUT2D eigenvalue weighted by molar-refractivity contribution is 9.10. The van der Waals surface area contributed by atoms with Crippen molar-refractivity contribution >= 4 is 105 Å². The van der Waals surface area contributed by atoms with Gasteiger partial charge in [0.05, 0.1) is 146 Å². The highest BCUT2D eigenvalue weighted by Gasteiger charge is 2.31. The van der Waals surface area contributed by atoms with Crippen LogP contribution in [0.15, 0.2) is 204 Å². The fourth-order valence-corrected chi connectivity index (χ4v) is 17.9. The molecule has 4 N–H and O–H groups in total. The Morgan fingerprint density at radius 3 is 1.20 bits per heavy atom. The lowest BCUT2D eigenvalue weighted by Crippen LogP contribution is -2.28. The number of carbonyl (C=O) groups is 1. The Balaban J connectivity index is 0.000000169. The van der Waals surface area contributed by atoms with Crippen LogP contribution < -0.4 is 60.7 Å². The molecule has 0 aliphatic carbocycles. The number of hydrogen-bond donors (Lipinski definition) is 4. The maximum absolute atomic E-state index is 14.3. The summed E-state index contributed by atoms with van der Waals surface area (Å²) >= 11 is 3.34. The monoisotopic (exact) mass is 1790 g/mol. The Labute approximate surface area is 698 Å². The molecule has 0 aliphatic heterocycles. The number of para-hydroxylation sites is 3. The highest BCUT2D eigenvalue weighted by atomic mass is 79.9. The number of carboxylic acids is 1. The molecule has 13 aromatic rings. The molecule has 36 heteroatoms. The van der Waals surface area contributed by atoms with E-state index in [1.807, 2.05) is 45.9 Å². The molecule has 9 aromatic carbocycles. The average molecular weight is 1790 g/mol. The van der Waals surface area contributed by atoms with Gasteiger partial charge in [0.25, 0.3) is 0 Å². The van der Waals surface area contributed by atoms with Gasteiger partial charge in [-0.25, -0.2) is 62.0 Å². The fraction of sp³-hybridized carbons (Fsp3) is 0.298. The molecule has 638 valence electrons. The van der Waals surface area contributed by atoms with Crippen LogP contribution in [-0.4, -0.2) is 181 Å². The summed E-state index contributed by atoms with van der Waals surface area (Å²) in [6.07, 6.45) is 4.80. The van der Waals surface area contributed by atoms with Crippen molar-refractivity contribution in [2.45, 2.75) is 58.3 Å². The van der Waals surface area contributed by atoms with E-state index in [0.29, 0.717) is 144 Å². The molecule has 13 rings (SSSR count). The van der Waals surface area contributed by atoms with Crippen molar-refractivity contribution in [2.75, 3.05) is 103 Å². The van der Waals surface area contributed by atoms with Crippen molar-refractivity contribution in [1.82, 2.24) is 33.2 Å². The van der Waals surface area contributed by atoms with Gasteiger partial charge in [-0.2, -0.15) is 0 Å². The highest BCUT2D eigenvalue weighted by Crippen LogP contribution is 2.39. The van der Waals surface area contributed by atoms with Gasteiger partial charge in [0, 0.05) is 35.9 Å². The summed E-state index contributed by atoms with van der Waals surface area (Å²) in [6.45, 7) is 8.95. The van der Waals surface area contributed by atoms with E-state index in [4.69, 9.17) is 42.3 Å². The topological polar surface area (TPSA) is 396 Å². The SMILES string of the molecule is CCOc1cc(C(CS(C)(=O)=O)n2c(=O)[nH]c3c(Cc4ccccc4F)cccc32)ccc1OC.CCOc1cc(C(CS(C)(=O)=O)n2c(=O)[nH]c3cc(C(=O)O)ccc32)ccc1OC.CCOc1cc(C(CS(C)(=O)=O)n2c(=O)[nH]c3ccccc32)ccc1OC.CCOc1cc(C(CS(C)(=O)=O)n2c(=O)oc3cc(Br)ccc32)ccc1OC. The van der Waals surface area contributed by atoms with E-state index in [1.54, 1.807) is 133 Å². The van der Waals surface area contributed by atoms with E-state index < -0.39 is 86.6 Å². The number of methoxy groups -OCH3 is 4.